The third-order valence-corrected chi connectivity index (χ3v) is 4.56. The van der Waals surface area contributed by atoms with Crippen LogP contribution in [0.15, 0.2) is 42.1 Å². The van der Waals surface area contributed by atoms with Crippen molar-refractivity contribution in [2.24, 2.45) is 0 Å². The number of nitrogens with zero attached hydrogens (tertiary/aromatic N) is 5. The van der Waals surface area contributed by atoms with Crippen molar-refractivity contribution in [3.05, 3.63) is 69.4 Å². The van der Waals surface area contributed by atoms with Crippen LogP contribution < -0.4 is 4.90 Å². The van der Waals surface area contributed by atoms with Crippen molar-refractivity contribution < 1.29 is 13.7 Å². The number of halogens is 2. The highest BCUT2D eigenvalue weighted by atomic mass is 19.2. The minimum absolute atomic E-state index is 0.178. The summed E-state index contributed by atoms with van der Waals surface area (Å²) in [4.78, 5) is 16.5. The first-order valence-corrected chi connectivity index (χ1v) is 8.40. The molecule has 7 nitrogen and oxygen atoms in total. The van der Waals surface area contributed by atoms with Crippen LogP contribution in [-0.2, 0) is 0 Å². The highest BCUT2D eigenvalue weighted by molar-refractivity contribution is 5.55. The summed E-state index contributed by atoms with van der Waals surface area (Å²) in [7, 11) is 0. The molecule has 1 saturated heterocycles. The molecule has 3 heterocycles. The smallest absolute Gasteiger partial charge is 0.358 e. The molecule has 0 radical (unpaired) electrons. The summed E-state index contributed by atoms with van der Waals surface area (Å²) < 4.78 is 27.6. The molecule has 0 unspecified atom stereocenters. The maximum atomic E-state index is 13.3. The van der Waals surface area contributed by atoms with Gasteiger partial charge in [-0.1, -0.05) is 27.3 Å². The second-order valence-corrected chi connectivity index (χ2v) is 6.30. The minimum Gasteiger partial charge on any atom is -0.358 e. The Morgan fingerprint density at radius 1 is 1.11 bits per heavy atom. The van der Waals surface area contributed by atoms with Gasteiger partial charge in [-0.25, -0.2) is 13.8 Å². The number of hydrogen-bond donors (Lipinski definition) is 0. The van der Waals surface area contributed by atoms with Gasteiger partial charge in [0.1, 0.15) is 6.20 Å². The molecule has 27 heavy (non-hydrogen) atoms. The van der Waals surface area contributed by atoms with Gasteiger partial charge in [0, 0.05) is 19.2 Å². The van der Waals surface area contributed by atoms with Crippen molar-refractivity contribution in [3.63, 3.8) is 0 Å². The van der Waals surface area contributed by atoms with Crippen LogP contribution in [0.5, 0.6) is 0 Å². The number of benzene rings is 1. The van der Waals surface area contributed by atoms with Gasteiger partial charge in [0.05, 0.1) is 0 Å². The van der Waals surface area contributed by atoms with Gasteiger partial charge >= 0.3 is 5.82 Å². The van der Waals surface area contributed by atoms with E-state index >= 15 is 0 Å². The third kappa shape index (κ3) is 3.35. The standard InChI is InChI=1S/C18H15F2N5O2/c19-14-2-1-13(10-15(14)20)9-12-5-7-23(8-6-12)17-4-3-16-21-11-18(25(26)27)24(16)22-17/h1-4,9-11H,5-8H2. The summed E-state index contributed by atoms with van der Waals surface area (Å²) in [5.41, 5.74) is 2.18. The van der Waals surface area contributed by atoms with Gasteiger partial charge in [0.15, 0.2) is 17.5 Å². The minimum atomic E-state index is -0.860. The van der Waals surface area contributed by atoms with E-state index in [2.05, 4.69) is 10.1 Å². The van der Waals surface area contributed by atoms with Gasteiger partial charge in [-0.2, -0.15) is 0 Å². The zero-order valence-electron chi connectivity index (χ0n) is 14.2. The first-order chi connectivity index (χ1) is 13.0. The Morgan fingerprint density at radius 2 is 1.89 bits per heavy atom. The predicted molar refractivity (Wildman–Crippen MR) is 95.4 cm³/mol. The van der Waals surface area contributed by atoms with Crippen molar-refractivity contribution in [1.82, 2.24) is 14.6 Å². The molecule has 2 aromatic heterocycles. The molecule has 1 aromatic carbocycles. The van der Waals surface area contributed by atoms with Crippen LogP contribution in [0.25, 0.3) is 11.7 Å². The Bertz CT molecular complexity index is 1050. The van der Waals surface area contributed by atoms with Gasteiger partial charge in [-0.3, -0.25) is 0 Å². The summed E-state index contributed by atoms with van der Waals surface area (Å²) in [6.45, 7) is 1.35. The fourth-order valence-electron chi connectivity index (χ4n) is 3.15. The van der Waals surface area contributed by atoms with Gasteiger partial charge in [-0.05, 0) is 41.5 Å². The summed E-state index contributed by atoms with van der Waals surface area (Å²) >= 11 is 0. The van der Waals surface area contributed by atoms with Gasteiger partial charge in [-0.15, -0.1) is 0 Å². The van der Waals surface area contributed by atoms with Crippen LogP contribution in [0.2, 0.25) is 0 Å². The number of hydrogen-bond acceptors (Lipinski definition) is 5. The SMILES string of the molecule is O=[N+]([O-])c1cnc2ccc(N3CCC(=Cc4ccc(F)c(F)c4)CC3)nn12. The average Bonchev–Trinajstić information content (AvgIpc) is 3.09. The van der Waals surface area contributed by atoms with Crippen molar-refractivity contribution in [1.29, 1.82) is 0 Å². The van der Waals surface area contributed by atoms with Crippen LogP contribution in [0.4, 0.5) is 20.4 Å². The van der Waals surface area contributed by atoms with Gasteiger partial charge < -0.3 is 15.0 Å². The van der Waals surface area contributed by atoms with Crippen LogP contribution in [0.1, 0.15) is 18.4 Å². The van der Waals surface area contributed by atoms with E-state index in [0.29, 0.717) is 30.1 Å². The van der Waals surface area contributed by atoms with E-state index in [1.54, 1.807) is 18.2 Å². The fourth-order valence-corrected chi connectivity index (χ4v) is 3.15. The molecular formula is C18H15F2N5O2. The first kappa shape index (κ1) is 17.1. The van der Waals surface area contributed by atoms with E-state index < -0.39 is 16.6 Å². The average molecular weight is 371 g/mol. The van der Waals surface area contributed by atoms with E-state index in [4.69, 9.17) is 0 Å². The second kappa shape index (κ2) is 6.75. The molecule has 0 saturated carbocycles. The highest BCUT2D eigenvalue weighted by Gasteiger charge is 2.20. The Hall–Kier alpha value is -3.36. The van der Waals surface area contributed by atoms with Crippen LogP contribution in [0.3, 0.4) is 0 Å². The molecule has 9 heteroatoms. The molecule has 1 aliphatic rings. The van der Waals surface area contributed by atoms with Crippen LogP contribution in [-0.4, -0.2) is 32.6 Å². The van der Waals surface area contributed by atoms with Crippen molar-refractivity contribution in [3.8, 4) is 0 Å². The number of piperidine rings is 1. The molecule has 1 fully saturated rings. The Labute approximate surface area is 152 Å². The maximum absolute atomic E-state index is 13.3. The Morgan fingerprint density at radius 3 is 2.59 bits per heavy atom. The largest absolute Gasteiger partial charge is 0.368 e. The summed E-state index contributed by atoms with van der Waals surface area (Å²) in [6.07, 6.45) is 4.54. The lowest BCUT2D eigenvalue weighted by atomic mass is 10.0. The molecule has 1 aliphatic heterocycles. The molecule has 0 bridgehead atoms. The Balaban J connectivity index is 1.51. The molecule has 138 valence electrons. The number of rotatable bonds is 3. The number of fused-ring (bicyclic) bond motifs is 1. The maximum Gasteiger partial charge on any atom is 0.368 e. The second-order valence-electron chi connectivity index (χ2n) is 6.30. The summed E-state index contributed by atoms with van der Waals surface area (Å²) in [5, 5.41) is 15.4. The van der Waals surface area contributed by atoms with Crippen molar-refractivity contribution in [2.75, 3.05) is 18.0 Å². The zero-order chi connectivity index (χ0) is 19.0. The molecule has 0 N–H and O–H groups in total. The van der Waals surface area contributed by atoms with E-state index in [1.165, 1.54) is 16.8 Å². The first-order valence-electron chi connectivity index (χ1n) is 8.40. The summed E-state index contributed by atoms with van der Waals surface area (Å²) in [6, 6.07) is 7.33. The lowest BCUT2D eigenvalue weighted by molar-refractivity contribution is -0.391. The summed E-state index contributed by atoms with van der Waals surface area (Å²) in [5.74, 6) is -1.26. The van der Waals surface area contributed by atoms with Crippen molar-refractivity contribution >= 4 is 23.4 Å². The predicted octanol–water partition coefficient (Wildman–Crippen LogP) is 3.60. The van der Waals surface area contributed by atoms with Gasteiger partial charge in [0.2, 0.25) is 5.65 Å². The molecule has 0 atom stereocenters. The van der Waals surface area contributed by atoms with E-state index in [1.807, 2.05) is 11.0 Å². The molecule has 0 aliphatic carbocycles. The highest BCUT2D eigenvalue weighted by Crippen LogP contribution is 2.24. The monoisotopic (exact) mass is 371 g/mol. The number of nitro groups is 1. The topological polar surface area (TPSA) is 76.6 Å². The number of anilines is 1. The molecule has 3 aromatic rings. The fraction of sp³-hybridized carbons (Fsp3) is 0.222. The van der Waals surface area contributed by atoms with Gasteiger partial charge in [0.25, 0.3) is 0 Å². The van der Waals surface area contributed by atoms with E-state index in [9.17, 15) is 18.9 Å². The molecule has 0 amide bonds. The number of imidazole rings is 1. The quantitative estimate of drug-likeness (QED) is 0.519. The van der Waals surface area contributed by atoms with Crippen molar-refractivity contribution in [2.45, 2.75) is 12.8 Å². The zero-order valence-corrected chi connectivity index (χ0v) is 14.2. The van der Waals surface area contributed by atoms with E-state index in [-0.39, 0.29) is 5.82 Å². The van der Waals surface area contributed by atoms with E-state index in [0.717, 1.165) is 24.5 Å². The molecule has 0 spiro atoms. The molecular weight excluding hydrogens is 356 g/mol. The normalized spacial score (nSPS) is 14.6. The lowest BCUT2D eigenvalue weighted by Gasteiger charge is -2.28. The molecule has 4 rings (SSSR count). The van der Waals surface area contributed by atoms with Crippen LogP contribution in [0, 0.1) is 21.7 Å². The van der Waals surface area contributed by atoms with Crippen LogP contribution >= 0.6 is 0 Å². The lowest BCUT2D eigenvalue weighted by Crippen LogP contribution is -2.31. The number of aromatic nitrogens is 3. The third-order valence-electron chi connectivity index (χ3n) is 4.56. The Kier molecular flexibility index (Phi) is 4.27.